The molecule has 1 rings (SSSR count). The van der Waals surface area contributed by atoms with E-state index in [1.54, 1.807) is 0 Å². The highest BCUT2D eigenvalue weighted by Gasteiger charge is 2.22. The summed E-state index contributed by atoms with van der Waals surface area (Å²) in [6.45, 7) is 8.44. The zero-order valence-electron chi connectivity index (χ0n) is 10.2. The maximum Gasteiger partial charge on any atom is 0.0850 e. The molecule has 0 aliphatic carbocycles. The van der Waals surface area contributed by atoms with E-state index in [-0.39, 0.29) is 12.1 Å². The van der Waals surface area contributed by atoms with Gasteiger partial charge in [-0.15, -0.1) is 0 Å². The van der Waals surface area contributed by atoms with Crippen LogP contribution in [-0.2, 0) is 4.74 Å². The van der Waals surface area contributed by atoms with E-state index in [9.17, 15) is 0 Å². The molecular formula is C12H26N2O. The third-order valence-electron chi connectivity index (χ3n) is 3.09. The van der Waals surface area contributed by atoms with Crippen LogP contribution in [0.1, 0.15) is 39.5 Å². The number of nitrogens with zero attached hydrogens (tertiary/aromatic N) is 1. The zero-order valence-corrected chi connectivity index (χ0v) is 10.2. The molecule has 0 aromatic carbocycles. The Bertz CT molecular complexity index is 162. The summed E-state index contributed by atoms with van der Waals surface area (Å²) in [5.41, 5.74) is 5.85. The average Bonchev–Trinajstić information content (AvgIpc) is 2.25. The second-order valence-electron chi connectivity index (χ2n) is 4.63. The molecule has 0 aromatic rings. The van der Waals surface area contributed by atoms with Gasteiger partial charge in [0.2, 0.25) is 0 Å². The van der Waals surface area contributed by atoms with Crippen LogP contribution in [0.4, 0.5) is 0 Å². The Morgan fingerprint density at radius 2 is 2.20 bits per heavy atom. The molecule has 1 saturated heterocycles. The summed E-state index contributed by atoms with van der Waals surface area (Å²) in [5.74, 6) is 0. The number of unbranched alkanes of at least 4 members (excludes halogenated alkanes) is 3. The molecule has 15 heavy (non-hydrogen) atoms. The van der Waals surface area contributed by atoms with Crippen LogP contribution in [0.15, 0.2) is 0 Å². The topological polar surface area (TPSA) is 38.5 Å². The molecule has 1 fully saturated rings. The first-order valence-electron chi connectivity index (χ1n) is 6.33. The van der Waals surface area contributed by atoms with E-state index in [4.69, 9.17) is 10.5 Å². The third-order valence-corrected chi connectivity index (χ3v) is 3.09. The van der Waals surface area contributed by atoms with Crippen molar-refractivity contribution < 1.29 is 4.74 Å². The summed E-state index contributed by atoms with van der Waals surface area (Å²) in [7, 11) is 0. The Morgan fingerprint density at radius 1 is 1.40 bits per heavy atom. The van der Waals surface area contributed by atoms with Crippen molar-refractivity contribution in [2.24, 2.45) is 5.73 Å². The summed E-state index contributed by atoms with van der Waals surface area (Å²) in [4.78, 5) is 2.49. The molecule has 2 unspecified atom stereocenters. The summed E-state index contributed by atoms with van der Waals surface area (Å²) in [5, 5.41) is 0. The van der Waals surface area contributed by atoms with Gasteiger partial charge in [-0.25, -0.2) is 0 Å². The predicted molar refractivity (Wildman–Crippen MR) is 64.0 cm³/mol. The molecule has 3 heteroatoms. The lowest BCUT2D eigenvalue weighted by Gasteiger charge is -2.34. The maximum absolute atomic E-state index is 5.85. The van der Waals surface area contributed by atoms with Crippen molar-refractivity contribution >= 4 is 0 Å². The summed E-state index contributed by atoms with van der Waals surface area (Å²) >= 11 is 0. The Kier molecular flexibility index (Phi) is 6.22. The van der Waals surface area contributed by atoms with E-state index in [2.05, 4.69) is 11.8 Å². The van der Waals surface area contributed by atoms with Crippen LogP contribution in [-0.4, -0.2) is 43.3 Å². The van der Waals surface area contributed by atoms with Crippen molar-refractivity contribution in [1.82, 2.24) is 4.90 Å². The van der Waals surface area contributed by atoms with Gasteiger partial charge in [0.25, 0.3) is 0 Å². The molecule has 2 N–H and O–H groups in total. The molecule has 3 nitrogen and oxygen atoms in total. The Morgan fingerprint density at radius 3 is 2.87 bits per heavy atom. The Labute approximate surface area is 94.0 Å². The van der Waals surface area contributed by atoms with Crippen LogP contribution in [0.3, 0.4) is 0 Å². The van der Waals surface area contributed by atoms with Gasteiger partial charge in [-0.3, -0.25) is 4.90 Å². The lowest BCUT2D eigenvalue weighted by atomic mass is 10.1. The molecule has 0 spiro atoms. The minimum atomic E-state index is 0.156. The van der Waals surface area contributed by atoms with Crippen molar-refractivity contribution in [2.75, 3.05) is 26.2 Å². The third kappa shape index (κ3) is 4.96. The van der Waals surface area contributed by atoms with E-state index in [1.165, 1.54) is 32.2 Å². The summed E-state index contributed by atoms with van der Waals surface area (Å²) in [6.07, 6.45) is 5.59. The molecule has 0 saturated carbocycles. The number of hydrogen-bond donors (Lipinski definition) is 1. The van der Waals surface area contributed by atoms with Gasteiger partial charge in [-0.05, 0) is 19.9 Å². The first kappa shape index (κ1) is 12.9. The molecular weight excluding hydrogens is 188 g/mol. The van der Waals surface area contributed by atoms with E-state index in [1.807, 2.05) is 6.92 Å². The van der Waals surface area contributed by atoms with Crippen LogP contribution >= 0.6 is 0 Å². The fourth-order valence-electron chi connectivity index (χ4n) is 2.01. The zero-order chi connectivity index (χ0) is 11.1. The van der Waals surface area contributed by atoms with E-state index in [0.29, 0.717) is 0 Å². The van der Waals surface area contributed by atoms with Crippen LogP contribution < -0.4 is 5.73 Å². The van der Waals surface area contributed by atoms with Crippen molar-refractivity contribution in [3.8, 4) is 0 Å². The minimum absolute atomic E-state index is 0.156. The SMILES string of the molecule is CCCCCCN1CCOC(C(C)N)C1. The second-order valence-corrected chi connectivity index (χ2v) is 4.63. The van der Waals surface area contributed by atoms with Crippen molar-refractivity contribution in [1.29, 1.82) is 0 Å². The standard InChI is InChI=1S/C12H26N2O/c1-3-4-5-6-7-14-8-9-15-12(10-14)11(2)13/h11-12H,3-10,13H2,1-2H3. The normalized spacial score (nSPS) is 25.4. The van der Waals surface area contributed by atoms with Gasteiger partial charge < -0.3 is 10.5 Å². The van der Waals surface area contributed by atoms with E-state index >= 15 is 0 Å². The number of rotatable bonds is 6. The molecule has 0 radical (unpaired) electrons. The van der Waals surface area contributed by atoms with Gasteiger partial charge in [-0.2, -0.15) is 0 Å². The molecule has 1 aliphatic heterocycles. The van der Waals surface area contributed by atoms with Gasteiger partial charge in [-0.1, -0.05) is 26.2 Å². The fraction of sp³-hybridized carbons (Fsp3) is 1.00. The maximum atomic E-state index is 5.85. The molecule has 0 amide bonds. The van der Waals surface area contributed by atoms with Crippen LogP contribution in [0.25, 0.3) is 0 Å². The number of morpholine rings is 1. The largest absolute Gasteiger partial charge is 0.374 e. The monoisotopic (exact) mass is 214 g/mol. The second kappa shape index (κ2) is 7.20. The lowest BCUT2D eigenvalue weighted by molar-refractivity contribution is -0.0379. The van der Waals surface area contributed by atoms with Crippen molar-refractivity contribution in [3.63, 3.8) is 0 Å². The quantitative estimate of drug-likeness (QED) is 0.683. The van der Waals surface area contributed by atoms with Gasteiger partial charge in [0.1, 0.15) is 0 Å². The molecule has 90 valence electrons. The average molecular weight is 214 g/mol. The Hall–Kier alpha value is -0.120. The predicted octanol–water partition coefficient (Wildman–Crippen LogP) is 1.61. The first-order valence-corrected chi connectivity index (χ1v) is 6.33. The van der Waals surface area contributed by atoms with Crippen LogP contribution in [0.2, 0.25) is 0 Å². The van der Waals surface area contributed by atoms with Crippen molar-refractivity contribution in [2.45, 2.75) is 51.7 Å². The highest BCUT2D eigenvalue weighted by molar-refractivity contribution is 4.77. The number of nitrogens with two attached hydrogens (primary N) is 1. The highest BCUT2D eigenvalue weighted by Crippen LogP contribution is 2.09. The molecule has 0 bridgehead atoms. The smallest absolute Gasteiger partial charge is 0.0850 e. The highest BCUT2D eigenvalue weighted by atomic mass is 16.5. The molecule has 0 aromatic heterocycles. The van der Waals surface area contributed by atoms with Crippen molar-refractivity contribution in [3.05, 3.63) is 0 Å². The fourth-order valence-corrected chi connectivity index (χ4v) is 2.01. The number of ether oxygens (including phenoxy) is 1. The molecule has 1 heterocycles. The van der Waals surface area contributed by atoms with Crippen LogP contribution in [0.5, 0.6) is 0 Å². The van der Waals surface area contributed by atoms with Gasteiger partial charge in [0.15, 0.2) is 0 Å². The lowest BCUT2D eigenvalue weighted by Crippen LogP contribution is -2.49. The minimum Gasteiger partial charge on any atom is -0.374 e. The van der Waals surface area contributed by atoms with Gasteiger partial charge in [0, 0.05) is 19.1 Å². The summed E-state index contributed by atoms with van der Waals surface area (Å²) in [6, 6.07) is 0.156. The molecule has 1 aliphatic rings. The van der Waals surface area contributed by atoms with Gasteiger partial charge >= 0.3 is 0 Å². The van der Waals surface area contributed by atoms with Crippen LogP contribution in [0, 0.1) is 0 Å². The van der Waals surface area contributed by atoms with E-state index in [0.717, 1.165) is 19.7 Å². The summed E-state index contributed by atoms with van der Waals surface area (Å²) < 4.78 is 5.63. The Balaban J connectivity index is 2.13. The van der Waals surface area contributed by atoms with Gasteiger partial charge in [0.05, 0.1) is 12.7 Å². The first-order chi connectivity index (χ1) is 7.24. The molecule has 2 atom stereocenters. The van der Waals surface area contributed by atoms with E-state index < -0.39 is 0 Å². The number of hydrogen-bond acceptors (Lipinski definition) is 3.